The molecule has 1 N–H and O–H groups in total. The van der Waals surface area contributed by atoms with Gasteiger partial charge in [0.25, 0.3) is 0 Å². The molecular weight excluding hydrogens is 352 g/mol. The molecule has 22 heavy (non-hydrogen) atoms. The van der Waals surface area contributed by atoms with Gasteiger partial charge in [-0.1, -0.05) is 30.3 Å². The number of phenolic OH excluding ortho intramolecular Hbond substituents is 1. The van der Waals surface area contributed by atoms with Gasteiger partial charge in [-0.15, -0.1) is 0 Å². The lowest BCUT2D eigenvalue weighted by atomic mass is 10.2. The molecule has 5 nitrogen and oxygen atoms in total. The molecule has 0 fully saturated rings. The summed E-state index contributed by atoms with van der Waals surface area (Å²) in [6.45, 7) is 0.277. The number of esters is 1. The standard InChI is InChI=1S/C16H15BrO5/c1-20-15-12(22-9-10-6-4-3-5-7-10)8-11(16(19)21-2)13(17)14(15)18/h3-8,18H,9H2,1-2H3. The van der Waals surface area contributed by atoms with E-state index in [9.17, 15) is 9.90 Å². The van der Waals surface area contributed by atoms with Crippen molar-refractivity contribution in [2.75, 3.05) is 14.2 Å². The maximum absolute atomic E-state index is 11.8. The fourth-order valence-corrected chi connectivity index (χ4v) is 2.36. The molecule has 0 bridgehead atoms. The van der Waals surface area contributed by atoms with Gasteiger partial charge in [-0.2, -0.15) is 0 Å². The summed E-state index contributed by atoms with van der Waals surface area (Å²) < 4.78 is 15.7. The highest BCUT2D eigenvalue weighted by molar-refractivity contribution is 9.10. The van der Waals surface area contributed by atoms with Crippen LogP contribution in [0.1, 0.15) is 15.9 Å². The van der Waals surface area contributed by atoms with Gasteiger partial charge in [0.15, 0.2) is 11.5 Å². The fraction of sp³-hybridized carbons (Fsp3) is 0.188. The number of carbonyl (C=O) groups is 1. The zero-order valence-corrected chi connectivity index (χ0v) is 13.7. The lowest BCUT2D eigenvalue weighted by molar-refractivity contribution is 0.0598. The summed E-state index contributed by atoms with van der Waals surface area (Å²) in [5.41, 5.74) is 1.11. The first kappa shape index (κ1) is 16.2. The second kappa shape index (κ2) is 7.17. The van der Waals surface area contributed by atoms with E-state index in [2.05, 4.69) is 20.7 Å². The number of rotatable bonds is 5. The van der Waals surface area contributed by atoms with Gasteiger partial charge < -0.3 is 19.3 Å². The van der Waals surface area contributed by atoms with Crippen LogP contribution in [-0.2, 0) is 11.3 Å². The largest absolute Gasteiger partial charge is 0.503 e. The molecule has 0 aliphatic rings. The smallest absolute Gasteiger partial charge is 0.339 e. The van der Waals surface area contributed by atoms with E-state index >= 15 is 0 Å². The van der Waals surface area contributed by atoms with Gasteiger partial charge in [0.1, 0.15) is 6.61 Å². The average Bonchev–Trinajstić information content (AvgIpc) is 2.56. The number of halogens is 1. The Balaban J connectivity index is 2.36. The summed E-state index contributed by atoms with van der Waals surface area (Å²) in [7, 11) is 2.68. The predicted molar refractivity (Wildman–Crippen MR) is 84.5 cm³/mol. The minimum atomic E-state index is -0.589. The first-order chi connectivity index (χ1) is 10.6. The summed E-state index contributed by atoms with van der Waals surface area (Å²) >= 11 is 3.16. The fourth-order valence-electron chi connectivity index (χ4n) is 1.90. The lowest BCUT2D eigenvalue weighted by Crippen LogP contribution is -2.05. The first-order valence-corrected chi connectivity index (χ1v) is 7.22. The third kappa shape index (κ3) is 3.33. The molecule has 0 saturated carbocycles. The Morgan fingerprint density at radius 1 is 1.23 bits per heavy atom. The maximum atomic E-state index is 11.8. The molecule has 0 spiro atoms. The van der Waals surface area contributed by atoms with E-state index in [0.29, 0.717) is 0 Å². The molecule has 0 amide bonds. The van der Waals surface area contributed by atoms with Crippen LogP contribution in [0, 0.1) is 0 Å². The average molecular weight is 367 g/mol. The van der Waals surface area contributed by atoms with E-state index in [1.54, 1.807) is 0 Å². The van der Waals surface area contributed by atoms with Gasteiger partial charge in [0, 0.05) is 0 Å². The molecule has 0 unspecified atom stereocenters. The predicted octanol–water partition coefficient (Wildman–Crippen LogP) is 3.53. The molecule has 6 heteroatoms. The number of hydrogen-bond acceptors (Lipinski definition) is 5. The summed E-state index contributed by atoms with van der Waals surface area (Å²) in [6, 6.07) is 11.0. The Morgan fingerprint density at radius 3 is 2.50 bits per heavy atom. The zero-order chi connectivity index (χ0) is 16.1. The molecule has 0 atom stereocenters. The zero-order valence-electron chi connectivity index (χ0n) is 12.1. The monoisotopic (exact) mass is 366 g/mol. The molecule has 2 rings (SSSR count). The van der Waals surface area contributed by atoms with Gasteiger partial charge in [-0.05, 0) is 27.6 Å². The van der Waals surface area contributed by atoms with Crippen molar-refractivity contribution in [3.63, 3.8) is 0 Å². The van der Waals surface area contributed by atoms with Crippen LogP contribution in [0.2, 0.25) is 0 Å². The van der Waals surface area contributed by atoms with E-state index in [-0.39, 0.29) is 33.9 Å². The molecule has 0 heterocycles. The van der Waals surface area contributed by atoms with Crippen LogP contribution in [0.15, 0.2) is 40.9 Å². The van der Waals surface area contributed by atoms with Crippen LogP contribution in [0.5, 0.6) is 17.2 Å². The molecule has 0 saturated heterocycles. The number of ether oxygens (including phenoxy) is 3. The van der Waals surface area contributed by atoms with Crippen LogP contribution in [-0.4, -0.2) is 25.3 Å². The van der Waals surface area contributed by atoms with Crippen molar-refractivity contribution in [3.8, 4) is 17.2 Å². The number of carbonyl (C=O) groups excluding carboxylic acids is 1. The number of hydrogen-bond donors (Lipinski definition) is 1. The van der Waals surface area contributed by atoms with Crippen molar-refractivity contribution in [2.45, 2.75) is 6.61 Å². The molecule has 0 radical (unpaired) electrons. The third-order valence-corrected chi connectivity index (χ3v) is 3.81. The summed E-state index contributed by atoms with van der Waals surface area (Å²) in [5, 5.41) is 10.1. The Morgan fingerprint density at radius 2 is 1.91 bits per heavy atom. The molecule has 0 aliphatic carbocycles. The highest BCUT2D eigenvalue weighted by Gasteiger charge is 2.22. The van der Waals surface area contributed by atoms with Gasteiger partial charge in [0.05, 0.1) is 24.3 Å². The highest BCUT2D eigenvalue weighted by Crippen LogP contribution is 2.44. The SMILES string of the molecule is COC(=O)c1cc(OCc2ccccc2)c(OC)c(O)c1Br. The van der Waals surface area contributed by atoms with Crippen molar-refractivity contribution in [2.24, 2.45) is 0 Å². The quantitative estimate of drug-likeness (QED) is 0.820. The number of phenols is 1. The lowest BCUT2D eigenvalue weighted by Gasteiger charge is -2.15. The third-order valence-electron chi connectivity index (χ3n) is 3.01. The summed E-state index contributed by atoms with van der Waals surface area (Å²) in [5.74, 6) is -0.397. The normalized spacial score (nSPS) is 10.1. The van der Waals surface area contributed by atoms with Crippen LogP contribution in [0.4, 0.5) is 0 Å². The number of benzene rings is 2. The summed E-state index contributed by atoms with van der Waals surface area (Å²) in [6.07, 6.45) is 0. The topological polar surface area (TPSA) is 65.0 Å². The summed E-state index contributed by atoms with van der Waals surface area (Å²) in [4.78, 5) is 11.8. The van der Waals surface area contributed by atoms with E-state index in [0.717, 1.165) is 5.56 Å². The molecular formula is C16H15BrO5. The molecule has 116 valence electrons. The van der Waals surface area contributed by atoms with Gasteiger partial charge >= 0.3 is 5.97 Å². The highest BCUT2D eigenvalue weighted by atomic mass is 79.9. The van der Waals surface area contributed by atoms with Crippen LogP contribution >= 0.6 is 15.9 Å². The molecule has 0 aliphatic heterocycles. The van der Waals surface area contributed by atoms with Crippen LogP contribution in [0.25, 0.3) is 0 Å². The van der Waals surface area contributed by atoms with E-state index in [4.69, 9.17) is 9.47 Å². The van der Waals surface area contributed by atoms with Crippen LogP contribution in [0.3, 0.4) is 0 Å². The van der Waals surface area contributed by atoms with Gasteiger partial charge in [-0.3, -0.25) is 0 Å². The van der Waals surface area contributed by atoms with Crippen molar-refractivity contribution in [1.82, 2.24) is 0 Å². The Bertz CT molecular complexity index is 670. The Hall–Kier alpha value is -2.21. The Labute approximate surface area is 136 Å². The van der Waals surface area contributed by atoms with Crippen molar-refractivity contribution < 1.29 is 24.1 Å². The van der Waals surface area contributed by atoms with E-state index < -0.39 is 5.97 Å². The van der Waals surface area contributed by atoms with Gasteiger partial charge in [0.2, 0.25) is 5.75 Å². The van der Waals surface area contributed by atoms with Crippen molar-refractivity contribution in [1.29, 1.82) is 0 Å². The first-order valence-electron chi connectivity index (χ1n) is 6.43. The molecule has 0 aromatic heterocycles. The van der Waals surface area contributed by atoms with Crippen LogP contribution < -0.4 is 9.47 Å². The van der Waals surface area contributed by atoms with E-state index in [1.807, 2.05) is 30.3 Å². The van der Waals surface area contributed by atoms with Crippen molar-refractivity contribution in [3.05, 3.63) is 52.0 Å². The maximum Gasteiger partial charge on any atom is 0.339 e. The Kier molecular flexibility index (Phi) is 5.27. The van der Waals surface area contributed by atoms with E-state index in [1.165, 1.54) is 20.3 Å². The second-order valence-electron chi connectivity index (χ2n) is 4.38. The molecule has 2 aromatic carbocycles. The second-order valence-corrected chi connectivity index (χ2v) is 5.18. The molecule has 2 aromatic rings. The number of aromatic hydroxyl groups is 1. The number of methoxy groups -OCH3 is 2. The minimum Gasteiger partial charge on any atom is -0.503 e. The van der Waals surface area contributed by atoms with Gasteiger partial charge in [-0.25, -0.2) is 4.79 Å². The minimum absolute atomic E-state index is 0.149. The van der Waals surface area contributed by atoms with Crippen molar-refractivity contribution >= 4 is 21.9 Å².